The van der Waals surface area contributed by atoms with Crippen LogP contribution in [0.1, 0.15) is 38.5 Å². The second-order valence-electron chi connectivity index (χ2n) is 6.62. The highest BCUT2D eigenvalue weighted by atomic mass is 35.5. The van der Waals surface area contributed by atoms with E-state index in [1.54, 1.807) is 30.3 Å². The highest BCUT2D eigenvalue weighted by molar-refractivity contribution is 6.32. The normalized spacial score (nSPS) is 11.5. The van der Waals surface area contributed by atoms with Gasteiger partial charge in [0, 0.05) is 21.3 Å². The molecular formula is C23H18Cl2N2O. The Hall–Kier alpha value is -2.80. The van der Waals surface area contributed by atoms with E-state index < -0.39 is 5.92 Å². The van der Waals surface area contributed by atoms with Crippen molar-refractivity contribution >= 4 is 34.8 Å². The molecule has 3 aromatic carbocycles. The van der Waals surface area contributed by atoms with Crippen molar-refractivity contribution in [2.75, 3.05) is 5.32 Å². The lowest BCUT2D eigenvalue weighted by molar-refractivity contribution is 0.102. The van der Waals surface area contributed by atoms with Gasteiger partial charge in [-0.3, -0.25) is 4.79 Å². The van der Waals surface area contributed by atoms with Crippen molar-refractivity contribution in [2.45, 2.75) is 19.8 Å². The Morgan fingerprint density at radius 3 is 2.25 bits per heavy atom. The summed E-state index contributed by atoms with van der Waals surface area (Å²) in [5.74, 6) is -0.730. The summed E-state index contributed by atoms with van der Waals surface area (Å²) in [5, 5.41) is 13.6. The number of aryl methyl sites for hydroxylation is 2. The maximum atomic E-state index is 12.5. The molecule has 3 rings (SSSR count). The molecule has 140 valence electrons. The molecular weight excluding hydrogens is 391 g/mol. The van der Waals surface area contributed by atoms with Gasteiger partial charge < -0.3 is 5.32 Å². The van der Waals surface area contributed by atoms with Crippen LogP contribution in [0.4, 0.5) is 5.69 Å². The van der Waals surface area contributed by atoms with E-state index in [2.05, 4.69) is 11.4 Å². The van der Waals surface area contributed by atoms with Crippen LogP contribution in [0.25, 0.3) is 0 Å². The van der Waals surface area contributed by atoms with Gasteiger partial charge in [-0.05, 0) is 60.9 Å². The summed E-state index contributed by atoms with van der Waals surface area (Å²) in [6.07, 6.45) is 0. The third-order valence-electron chi connectivity index (χ3n) is 4.55. The molecule has 1 N–H and O–H groups in total. The number of amides is 1. The molecule has 0 bridgehead atoms. The number of rotatable bonds is 4. The van der Waals surface area contributed by atoms with E-state index in [0.717, 1.165) is 16.7 Å². The molecule has 0 aliphatic carbocycles. The molecule has 0 aromatic heterocycles. The summed E-state index contributed by atoms with van der Waals surface area (Å²) in [5.41, 5.74) is 4.61. The molecule has 1 amide bonds. The number of nitrogens with one attached hydrogen (secondary N) is 1. The Bertz CT molecular complexity index is 1050. The monoisotopic (exact) mass is 408 g/mol. The van der Waals surface area contributed by atoms with E-state index in [-0.39, 0.29) is 5.91 Å². The molecule has 0 aliphatic heterocycles. The third kappa shape index (κ3) is 4.36. The van der Waals surface area contributed by atoms with Crippen LogP contribution in [0.15, 0.2) is 60.7 Å². The van der Waals surface area contributed by atoms with Crippen LogP contribution in [-0.2, 0) is 0 Å². The quantitative estimate of drug-likeness (QED) is 0.534. The van der Waals surface area contributed by atoms with Crippen LogP contribution in [0.5, 0.6) is 0 Å². The molecule has 0 radical (unpaired) electrons. The van der Waals surface area contributed by atoms with Crippen LogP contribution in [0.3, 0.4) is 0 Å². The van der Waals surface area contributed by atoms with E-state index >= 15 is 0 Å². The molecule has 0 heterocycles. The second kappa shape index (κ2) is 8.48. The lowest BCUT2D eigenvalue weighted by Gasteiger charge is -2.16. The largest absolute Gasteiger partial charge is 0.322 e. The standard InChI is InChI=1S/C23H18Cl2N2O/c1-14-3-5-17(6-4-14)23(28)27-22-12-21(25)19(11-15(22)2)20(13-26)16-7-9-18(24)10-8-16/h3-12,20H,1-2H3,(H,27,28)/t20-/m0/s1. The number of anilines is 1. The number of carbonyl (C=O) groups is 1. The number of hydrogen-bond donors (Lipinski definition) is 1. The van der Waals surface area contributed by atoms with Gasteiger partial charge >= 0.3 is 0 Å². The third-order valence-corrected chi connectivity index (χ3v) is 5.13. The summed E-state index contributed by atoms with van der Waals surface area (Å²) in [6.45, 7) is 3.84. The highest BCUT2D eigenvalue weighted by Gasteiger charge is 2.19. The van der Waals surface area contributed by atoms with E-state index in [1.807, 2.05) is 44.2 Å². The van der Waals surface area contributed by atoms with Crippen LogP contribution in [-0.4, -0.2) is 5.91 Å². The van der Waals surface area contributed by atoms with Crippen LogP contribution < -0.4 is 5.32 Å². The van der Waals surface area contributed by atoms with Crippen molar-refractivity contribution in [3.8, 4) is 6.07 Å². The molecule has 1 atom stereocenters. The lowest BCUT2D eigenvalue weighted by atomic mass is 9.91. The summed E-state index contributed by atoms with van der Waals surface area (Å²) in [6, 6.07) is 20.3. The number of nitrogens with zero attached hydrogens (tertiary/aromatic N) is 1. The van der Waals surface area contributed by atoms with Crippen molar-refractivity contribution in [3.63, 3.8) is 0 Å². The maximum Gasteiger partial charge on any atom is 0.255 e. The fourth-order valence-electron chi connectivity index (χ4n) is 2.94. The number of benzene rings is 3. The van der Waals surface area contributed by atoms with Crippen molar-refractivity contribution in [3.05, 3.63) is 98.5 Å². The predicted molar refractivity (Wildman–Crippen MR) is 114 cm³/mol. The van der Waals surface area contributed by atoms with Gasteiger partial charge in [0.1, 0.15) is 0 Å². The molecule has 0 unspecified atom stereocenters. The van der Waals surface area contributed by atoms with E-state index in [1.165, 1.54) is 0 Å². The lowest BCUT2D eigenvalue weighted by Crippen LogP contribution is -2.13. The number of carbonyl (C=O) groups excluding carboxylic acids is 1. The Morgan fingerprint density at radius 2 is 1.64 bits per heavy atom. The predicted octanol–water partition coefficient (Wildman–Crippen LogP) is 6.52. The van der Waals surface area contributed by atoms with E-state index in [0.29, 0.717) is 26.9 Å². The van der Waals surface area contributed by atoms with Gasteiger partial charge in [0.25, 0.3) is 5.91 Å². The minimum atomic E-state index is -0.523. The fraction of sp³-hybridized carbons (Fsp3) is 0.130. The molecule has 3 nitrogen and oxygen atoms in total. The summed E-state index contributed by atoms with van der Waals surface area (Å²) in [4.78, 5) is 12.5. The van der Waals surface area contributed by atoms with Crippen molar-refractivity contribution < 1.29 is 4.79 Å². The SMILES string of the molecule is Cc1ccc(C(=O)Nc2cc(Cl)c([C@@H](C#N)c3ccc(Cl)cc3)cc2C)cc1. The Kier molecular flexibility index (Phi) is 6.04. The van der Waals surface area contributed by atoms with Crippen LogP contribution in [0.2, 0.25) is 10.0 Å². The van der Waals surface area contributed by atoms with Gasteiger partial charge in [-0.1, -0.05) is 59.1 Å². The van der Waals surface area contributed by atoms with Gasteiger partial charge in [0.2, 0.25) is 0 Å². The average molecular weight is 409 g/mol. The molecule has 28 heavy (non-hydrogen) atoms. The molecule has 5 heteroatoms. The van der Waals surface area contributed by atoms with Crippen molar-refractivity contribution in [1.29, 1.82) is 5.26 Å². The van der Waals surface area contributed by atoms with E-state index in [4.69, 9.17) is 23.2 Å². The van der Waals surface area contributed by atoms with E-state index in [9.17, 15) is 10.1 Å². The maximum absolute atomic E-state index is 12.5. The average Bonchev–Trinajstić information content (AvgIpc) is 2.68. The zero-order chi connectivity index (χ0) is 20.3. The number of hydrogen-bond acceptors (Lipinski definition) is 2. The Morgan fingerprint density at radius 1 is 1.00 bits per heavy atom. The zero-order valence-electron chi connectivity index (χ0n) is 15.5. The molecule has 0 spiro atoms. The number of halogens is 2. The second-order valence-corrected chi connectivity index (χ2v) is 7.47. The smallest absolute Gasteiger partial charge is 0.255 e. The first-order chi connectivity index (χ1) is 13.4. The summed E-state index contributed by atoms with van der Waals surface area (Å²) in [7, 11) is 0. The minimum absolute atomic E-state index is 0.207. The molecule has 0 saturated heterocycles. The highest BCUT2D eigenvalue weighted by Crippen LogP contribution is 2.34. The zero-order valence-corrected chi connectivity index (χ0v) is 17.0. The van der Waals surface area contributed by atoms with Crippen molar-refractivity contribution in [2.24, 2.45) is 0 Å². The molecule has 0 fully saturated rings. The topological polar surface area (TPSA) is 52.9 Å². The van der Waals surface area contributed by atoms with Crippen molar-refractivity contribution in [1.82, 2.24) is 0 Å². The first-order valence-electron chi connectivity index (χ1n) is 8.72. The van der Waals surface area contributed by atoms with Gasteiger partial charge in [0.15, 0.2) is 0 Å². The van der Waals surface area contributed by atoms with Crippen LogP contribution in [0, 0.1) is 25.2 Å². The first-order valence-corrected chi connectivity index (χ1v) is 9.48. The van der Waals surface area contributed by atoms with Gasteiger partial charge in [-0.15, -0.1) is 0 Å². The molecule has 0 aliphatic rings. The minimum Gasteiger partial charge on any atom is -0.322 e. The fourth-order valence-corrected chi connectivity index (χ4v) is 3.34. The summed E-state index contributed by atoms with van der Waals surface area (Å²) >= 11 is 12.4. The molecule has 0 saturated carbocycles. The first kappa shape index (κ1) is 19.9. The van der Waals surface area contributed by atoms with Gasteiger partial charge in [-0.25, -0.2) is 0 Å². The van der Waals surface area contributed by atoms with Crippen LogP contribution >= 0.6 is 23.2 Å². The number of nitriles is 1. The Balaban J connectivity index is 1.90. The van der Waals surface area contributed by atoms with Gasteiger partial charge in [0.05, 0.1) is 12.0 Å². The molecule has 3 aromatic rings. The Labute approximate surface area is 174 Å². The van der Waals surface area contributed by atoms with Gasteiger partial charge in [-0.2, -0.15) is 5.26 Å². The summed E-state index contributed by atoms with van der Waals surface area (Å²) < 4.78 is 0.